The summed E-state index contributed by atoms with van der Waals surface area (Å²) >= 11 is 0. The van der Waals surface area contributed by atoms with Crippen LogP contribution in [0.15, 0.2) is 17.1 Å². The second-order valence-corrected chi connectivity index (χ2v) is 4.46. The normalized spacial score (nSPS) is 17.6. The van der Waals surface area contributed by atoms with E-state index in [4.69, 9.17) is 0 Å². The first-order valence-electron chi connectivity index (χ1n) is 6.39. The van der Waals surface area contributed by atoms with Crippen LogP contribution in [0, 0.1) is 0 Å². The summed E-state index contributed by atoms with van der Waals surface area (Å²) in [6.07, 6.45) is 6.80. The van der Waals surface area contributed by atoms with Gasteiger partial charge in [-0.3, -0.25) is 15.1 Å². The fourth-order valence-corrected chi connectivity index (χ4v) is 1.95. The van der Waals surface area contributed by atoms with Gasteiger partial charge in [0.15, 0.2) is 5.96 Å². The molecule has 96 valence electrons. The van der Waals surface area contributed by atoms with E-state index in [1.807, 2.05) is 6.92 Å². The van der Waals surface area contributed by atoms with Gasteiger partial charge in [0.2, 0.25) is 0 Å². The van der Waals surface area contributed by atoms with E-state index in [1.165, 1.54) is 19.3 Å². The number of guanidine groups is 1. The molecule has 0 atom stereocenters. The lowest BCUT2D eigenvalue weighted by Crippen LogP contribution is -2.46. The summed E-state index contributed by atoms with van der Waals surface area (Å²) in [5.41, 5.74) is 0.580. The van der Waals surface area contributed by atoms with Crippen LogP contribution in [0.2, 0.25) is 0 Å². The van der Waals surface area contributed by atoms with Crippen molar-refractivity contribution >= 4 is 11.9 Å². The smallest absolute Gasteiger partial charge is 0.253 e. The fourth-order valence-electron chi connectivity index (χ4n) is 1.95. The van der Waals surface area contributed by atoms with Crippen LogP contribution in [0.25, 0.3) is 0 Å². The number of carbonyl (C=O) groups excluding carboxylic acids is 1. The van der Waals surface area contributed by atoms with E-state index in [2.05, 4.69) is 22.2 Å². The number of hydrogen-bond donors (Lipinski definition) is 2. The molecule has 17 heavy (non-hydrogen) atoms. The number of rotatable bonds is 3. The average molecular weight is 237 g/mol. The Morgan fingerprint density at radius 1 is 1.35 bits per heavy atom. The maximum Gasteiger partial charge on any atom is 0.253 e. The highest BCUT2D eigenvalue weighted by molar-refractivity contribution is 6.04. The molecule has 0 bridgehead atoms. The Bertz CT molecular complexity index is 304. The highest BCUT2D eigenvalue weighted by Gasteiger charge is 2.16. The number of aliphatic imine (C=N–C) groups is 1. The Labute approximate surface area is 104 Å². The van der Waals surface area contributed by atoms with Crippen LogP contribution in [-0.2, 0) is 4.79 Å². The SMILES string of the molecule is C=C(CC)C(=O)NC(=NC)NC1CCCCC1. The highest BCUT2D eigenvalue weighted by atomic mass is 16.1. The van der Waals surface area contributed by atoms with E-state index in [9.17, 15) is 4.79 Å². The summed E-state index contributed by atoms with van der Waals surface area (Å²) < 4.78 is 0. The molecule has 1 saturated carbocycles. The topological polar surface area (TPSA) is 53.5 Å². The van der Waals surface area contributed by atoms with Gasteiger partial charge >= 0.3 is 0 Å². The second kappa shape index (κ2) is 7.09. The zero-order chi connectivity index (χ0) is 12.7. The number of amides is 1. The third-order valence-corrected chi connectivity index (χ3v) is 3.15. The Morgan fingerprint density at radius 2 is 2.00 bits per heavy atom. The van der Waals surface area contributed by atoms with Crippen molar-refractivity contribution in [3.05, 3.63) is 12.2 Å². The van der Waals surface area contributed by atoms with Gasteiger partial charge in [-0.05, 0) is 19.3 Å². The molecule has 4 nitrogen and oxygen atoms in total. The standard InChI is InChI=1S/C13H23N3O/c1-4-10(2)12(17)16-13(14-3)15-11-8-6-5-7-9-11/h11H,2,4-9H2,1,3H3,(H2,14,15,16,17). The van der Waals surface area contributed by atoms with E-state index in [0.717, 1.165) is 12.8 Å². The van der Waals surface area contributed by atoms with Crippen molar-refractivity contribution in [3.8, 4) is 0 Å². The second-order valence-electron chi connectivity index (χ2n) is 4.46. The molecule has 0 aromatic carbocycles. The van der Waals surface area contributed by atoms with E-state index < -0.39 is 0 Å². The molecule has 0 saturated heterocycles. The van der Waals surface area contributed by atoms with Gasteiger partial charge in [0.05, 0.1) is 0 Å². The summed E-state index contributed by atoms with van der Waals surface area (Å²) in [5.74, 6) is 0.424. The highest BCUT2D eigenvalue weighted by Crippen LogP contribution is 2.17. The lowest BCUT2D eigenvalue weighted by Gasteiger charge is -2.24. The van der Waals surface area contributed by atoms with Crippen molar-refractivity contribution in [1.82, 2.24) is 10.6 Å². The van der Waals surface area contributed by atoms with Gasteiger partial charge < -0.3 is 5.32 Å². The minimum atomic E-state index is -0.142. The third-order valence-electron chi connectivity index (χ3n) is 3.15. The van der Waals surface area contributed by atoms with Crippen molar-refractivity contribution in [2.75, 3.05) is 7.05 Å². The van der Waals surface area contributed by atoms with Gasteiger partial charge in [0, 0.05) is 18.7 Å². The molecular weight excluding hydrogens is 214 g/mol. The largest absolute Gasteiger partial charge is 0.353 e. The Morgan fingerprint density at radius 3 is 2.53 bits per heavy atom. The van der Waals surface area contributed by atoms with E-state index in [0.29, 0.717) is 24.0 Å². The number of hydrogen-bond acceptors (Lipinski definition) is 2. The van der Waals surface area contributed by atoms with Crippen molar-refractivity contribution < 1.29 is 4.79 Å². The zero-order valence-electron chi connectivity index (χ0n) is 10.9. The maximum atomic E-state index is 11.7. The summed E-state index contributed by atoms with van der Waals surface area (Å²) in [5, 5.41) is 6.06. The van der Waals surface area contributed by atoms with E-state index >= 15 is 0 Å². The lowest BCUT2D eigenvalue weighted by molar-refractivity contribution is -0.116. The Balaban J connectivity index is 2.43. The van der Waals surface area contributed by atoms with Crippen LogP contribution in [0.4, 0.5) is 0 Å². The molecule has 1 fully saturated rings. The first-order chi connectivity index (χ1) is 8.17. The van der Waals surface area contributed by atoms with Crippen LogP contribution < -0.4 is 10.6 Å². The van der Waals surface area contributed by atoms with Gasteiger partial charge in [-0.15, -0.1) is 0 Å². The summed E-state index contributed by atoms with van der Waals surface area (Å²) in [4.78, 5) is 15.7. The van der Waals surface area contributed by atoms with Crippen LogP contribution in [0.3, 0.4) is 0 Å². The van der Waals surface area contributed by atoms with Crippen LogP contribution in [-0.4, -0.2) is 25.0 Å². The first kappa shape index (κ1) is 13.7. The molecule has 0 aromatic heterocycles. The maximum absolute atomic E-state index is 11.7. The van der Waals surface area contributed by atoms with Gasteiger partial charge in [-0.1, -0.05) is 32.8 Å². The first-order valence-corrected chi connectivity index (χ1v) is 6.39. The van der Waals surface area contributed by atoms with E-state index in [-0.39, 0.29) is 5.91 Å². The minimum Gasteiger partial charge on any atom is -0.353 e. The Kier molecular flexibility index (Phi) is 5.73. The summed E-state index contributed by atoms with van der Waals surface area (Å²) in [6.45, 7) is 5.63. The molecule has 2 N–H and O–H groups in total. The molecule has 0 aliphatic heterocycles. The molecule has 4 heteroatoms. The number of carbonyl (C=O) groups is 1. The number of nitrogens with zero attached hydrogens (tertiary/aromatic N) is 1. The van der Waals surface area contributed by atoms with Crippen LogP contribution >= 0.6 is 0 Å². The molecule has 0 spiro atoms. The average Bonchev–Trinajstić information content (AvgIpc) is 2.38. The monoisotopic (exact) mass is 237 g/mol. The minimum absolute atomic E-state index is 0.142. The zero-order valence-corrected chi connectivity index (χ0v) is 10.9. The third kappa shape index (κ3) is 4.59. The summed E-state index contributed by atoms with van der Waals surface area (Å²) in [7, 11) is 1.68. The summed E-state index contributed by atoms with van der Waals surface area (Å²) in [6, 6.07) is 0.442. The molecular formula is C13H23N3O. The van der Waals surface area contributed by atoms with Gasteiger partial charge in [-0.2, -0.15) is 0 Å². The van der Waals surface area contributed by atoms with Gasteiger partial charge in [-0.25, -0.2) is 0 Å². The number of nitrogens with one attached hydrogen (secondary N) is 2. The van der Waals surface area contributed by atoms with Gasteiger partial charge in [0.25, 0.3) is 5.91 Å². The molecule has 0 radical (unpaired) electrons. The fraction of sp³-hybridized carbons (Fsp3) is 0.692. The van der Waals surface area contributed by atoms with Crippen LogP contribution in [0.5, 0.6) is 0 Å². The van der Waals surface area contributed by atoms with Gasteiger partial charge in [0.1, 0.15) is 0 Å². The van der Waals surface area contributed by atoms with Crippen molar-refractivity contribution in [1.29, 1.82) is 0 Å². The molecule has 1 amide bonds. The lowest BCUT2D eigenvalue weighted by atomic mass is 9.96. The predicted octanol–water partition coefficient (Wildman–Crippen LogP) is 1.98. The van der Waals surface area contributed by atoms with E-state index in [1.54, 1.807) is 7.05 Å². The molecule has 0 unspecified atom stereocenters. The van der Waals surface area contributed by atoms with Crippen LogP contribution in [0.1, 0.15) is 45.4 Å². The van der Waals surface area contributed by atoms with Crippen molar-refractivity contribution in [2.45, 2.75) is 51.5 Å². The molecule has 1 aliphatic rings. The Hall–Kier alpha value is -1.32. The van der Waals surface area contributed by atoms with Crippen molar-refractivity contribution in [2.24, 2.45) is 4.99 Å². The molecule has 0 aromatic rings. The molecule has 0 heterocycles. The van der Waals surface area contributed by atoms with Crippen molar-refractivity contribution in [3.63, 3.8) is 0 Å². The predicted molar refractivity (Wildman–Crippen MR) is 70.9 cm³/mol. The quantitative estimate of drug-likeness (QED) is 0.448. The molecule has 1 rings (SSSR count). The molecule has 1 aliphatic carbocycles.